The van der Waals surface area contributed by atoms with E-state index in [1.807, 2.05) is 24.3 Å². The fourth-order valence-electron chi connectivity index (χ4n) is 3.86. The van der Waals surface area contributed by atoms with E-state index >= 15 is 0 Å². The van der Waals surface area contributed by atoms with Crippen LogP contribution in [0.1, 0.15) is 43.3 Å². The highest BCUT2D eigenvalue weighted by molar-refractivity contribution is 5.74. The van der Waals surface area contributed by atoms with Crippen molar-refractivity contribution < 1.29 is 4.42 Å². The second-order valence-corrected chi connectivity index (χ2v) is 7.49. The molecule has 2 fully saturated rings. The van der Waals surface area contributed by atoms with Crippen LogP contribution in [0.2, 0.25) is 0 Å². The number of hydrogen-bond acceptors (Lipinski definition) is 6. The molecule has 2 aliphatic rings. The lowest BCUT2D eigenvalue weighted by atomic mass is 9.78. The highest BCUT2D eigenvalue weighted by Crippen LogP contribution is 2.39. The van der Waals surface area contributed by atoms with Crippen molar-refractivity contribution in [1.29, 1.82) is 0 Å². The van der Waals surface area contributed by atoms with E-state index in [-0.39, 0.29) is 11.7 Å². The van der Waals surface area contributed by atoms with Crippen LogP contribution in [0.4, 0.5) is 6.01 Å². The number of fused-ring (bicyclic) bond motifs is 2. The molecule has 0 atom stereocenters. The molecule has 27 heavy (non-hydrogen) atoms. The molecule has 6 rings (SSSR count). The molecule has 3 heterocycles. The van der Waals surface area contributed by atoms with Crippen LogP contribution in [0.15, 0.2) is 39.7 Å². The quantitative estimate of drug-likeness (QED) is 0.579. The highest BCUT2D eigenvalue weighted by atomic mass is 16.4. The molecule has 136 valence electrons. The topological polar surface area (TPSA) is 102 Å². The molecule has 0 saturated heterocycles. The number of H-pyrrole nitrogens is 1. The lowest BCUT2D eigenvalue weighted by molar-refractivity contribution is 0.360. The average molecular weight is 362 g/mol. The first-order chi connectivity index (χ1) is 13.2. The molecule has 2 aliphatic carbocycles. The summed E-state index contributed by atoms with van der Waals surface area (Å²) in [5.41, 5.74) is 3.77. The fourth-order valence-corrected chi connectivity index (χ4v) is 3.86. The number of oxazole rings is 1. The molecular weight excluding hydrogens is 344 g/mol. The van der Waals surface area contributed by atoms with Crippen LogP contribution in [0.3, 0.4) is 0 Å². The van der Waals surface area contributed by atoms with E-state index in [9.17, 15) is 4.79 Å². The van der Waals surface area contributed by atoms with E-state index in [4.69, 9.17) is 9.40 Å². The predicted octanol–water partition coefficient (Wildman–Crippen LogP) is 2.95. The zero-order valence-electron chi connectivity index (χ0n) is 14.6. The maximum Gasteiger partial charge on any atom is 0.329 e. The normalized spacial score (nSPS) is 22.2. The second-order valence-electron chi connectivity index (χ2n) is 7.49. The summed E-state index contributed by atoms with van der Waals surface area (Å²) in [6.07, 6.45) is 5.75. The van der Waals surface area contributed by atoms with Crippen molar-refractivity contribution in [3.05, 3.63) is 46.6 Å². The van der Waals surface area contributed by atoms with E-state index in [0.29, 0.717) is 29.3 Å². The summed E-state index contributed by atoms with van der Waals surface area (Å²) in [5, 5.41) is 3.36. The highest BCUT2D eigenvalue weighted by Gasteiger charge is 2.34. The van der Waals surface area contributed by atoms with Crippen molar-refractivity contribution in [3.63, 3.8) is 0 Å². The Bertz CT molecular complexity index is 1180. The maximum absolute atomic E-state index is 12.1. The summed E-state index contributed by atoms with van der Waals surface area (Å²) in [7, 11) is 0. The third-order valence-electron chi connectivity index (χ3n) is 5.53. The lowest BCUT2D eigenvalue weighted by Gasteiger charge is -2.34. The predicted molar refractivity (Wildman–Crippen MR) is 99.8 cm³/mol. The Morgan fingerprint density at radius 3 is 2.85 bits per heavy atom. The molecule has 0 amide bonds. The number of aromatic nitrogens is 5. The number of imidazole rings is 1. The van der Waals surface area contributed by atoms with E-state index in [1.165, 1.54) is 0 Å². The van der Waals surface area contributed by atoms with Gasteiger partial charge in [0.15, 0.2) is 16.9 Å². The van der Waals surface area contributed by atoms with Crippen molar-refractivity contribution in [2.24, 2.45) is 0 Å². The Morgan fingerprint density at radius 2 is 2.04 bits per heavy atom. The van der Waals surface area contributed by atoms with Crippen molar-refractivity contribution in [3.8, 4) is 0 Å². The fraction of sp³-hybridized carbons (Fsp3) is 0.368. The SMILES string of the molecule is O=c1[nH]c2ncc(C3CC(Nc4nc5ccccc5o4)C3)nc2n1C1CC1. The van der Waals surface area contributed by atoms with Gasteiger partial charge in [0.1, 0.15) is 5.52 Å². The molecule has 0 aliphatic heterocycles. The van der Waals surface area contributed by atoms with Gasteiger partial charge in [0.25, 0.3) is 6.01 Å². The summed E-state index contributed by atoms with van der Waals surface area (Å²) in [6.45, 7) is 0. The zero-order valence-corrected chi connectivity index (χ0v) is 14.6. The molecule has 4 aromatic rings. The van der Waals surface area contributed by atoms with Crippen LogP contribution in [-0.4, -0.2) is 30.5 Å². The van der Waals surface area contributed by atoms with Crippen LogP contribution in [0.25, 0.3) is 22.4 Å². The summed E-state index contributed by atoms with van der Waals surface area (Å²) in [5.74, 6) is 0.335. The number of anilines is 1. The Labute approximate surface area is 153 Å². The third-order valence-corrected chi connectivity index (χ3v) is 5.53. The first-order valence-corrected chi connectivity index (χ1v) is 9.34. The van der Waals surface area contributed by atoms with Crippen LogP contribution >= 0.6 is 0 Å². The molecule has 8 nitrogen and oxygen atoms in total. The van der Waals surface area contributed by atoms with Gasteiger partial charge in [-0.25, -0.2) is 14.8 Å². The summed E-state index contributed by atoms with van der Waals surface area (Å²) >= 11 is 0. The molecule has 0 spiro atoms. The van der Waals surface area contributed by atoms with Gasteiger partial charge < -0.3 is 9.73 Å². The van der Waals surface area contributed by atoms with E-state index in [2.05, 4.69) is 20.3 Å². The Kier molecular flexibility index (Phi) is 3.00. The van der Waals surface area contributed by atoms with Crippen LogP contribution < -0.4 is 11.0 Å². The number of aromatic amines is 1. The minimum Gasteiger partial charge on any atom is -0.424 e. The van der Waals surface area contributed by atoms with Crippen LogP contribution in [-0.2, 0) is 0 Å². The van der Waals surface area contributed by atoms with Crippen molar-refractivity contribution in [2.75, 3.05) is 5.32 Å². The molecule has 0 radical (unpaired) electrons. The van der Waals surface area contributed by atoms with Crippen molar-refractivity contribution >= 4 is 28.4 Å². The van der Waals surface area contributed by atoms with Gasteiger partial charge in [0, 0.05) is 18.0 Å². The largest absolute Gasteiger partial charge is 0.424 e. The first kappa shape index (κ1) is 15.0. The van der Waals surface area contributed by atoms with Gasteiger partial charge in [-0.1, -0.05) is 12.1 Å². The number of nitrogens with zero attached hydrogens (tertiary/aromatic N) is 4. The summed E-state index contributed by atoms with van der Waals surface area (Å²) in [4.78, 5) is 28.6. The third kappa shape index (κ3) is 2.43. The van der Waals surface area contributed by atoms with E-state index in [0.717, 1.165) is 42.5 Å². The molecule has 0 bridgehead atoms. The van der Waals surface area contributed by atoms with E-state index in [1.54, 1.807) is 10.8 Å². The molecule has 2 saturated carbocycles. The Morgan fingerprint density at radius 1 is 1.19 bits per heavy atom. The van der Waals surface area contributed by atoms with E-state index < -0.39 is 0 Å². The smallest absolute Gasteiger partial charge is 0.329 e. The lowest BCUT2D eigenvalue weighted by Crippen LogP contribution is -2.34. The molecule has 3 aromatic heterocycles. The molecule has 0 unspecified atom stereocenters. The van der Waals surface area contributed by atoms with Gasteiger partial charge in [0.2, 0.25) is 0 Å². The zero-order chi connectivity index (χ0) is 18.0. The van der Waals surface area contributed by atoms with Gasteiger partial charge in [-0.3, -0.25) is 9.55 Å². The van der Waals surface area contributed by atoms with Gasteiger partial charge in [-0.05, 0) is 37.8 Å². The standard InChI is InChI=1S/C19H18N6O2/c26-19-24-16-17(25(19)12-5-6-12)22-14(9-20-16)10-7-11(8-10)21-18-23-13-3-1-2-4-15(13)27-18/h1-4,9-12H,5-8H2,(H,21,23)(H,20,24,26). The molecule has 1 aromatic carbocycles. The van der Waals surface area contributed by atoms with Crippen molar-refractivity contribution in [1.82, 2.24) is 24.5 Å². The van der Waals surface area contributed by atoms with Gasteiger partial charge >= 0.3 is 5.69 Å². The minimum atomic E-state index is -0.103. The Balaban J connectivity index is 1.20. The first-order valence-electron chi connectivity index (χ1n) is 9.34. The van der Waals surface area contributed by atoms with Gasteiger partial charge in [0.05, 0.1) is 11.9 Å². The monoisotopic (exact) mass is 362 g/mol. The maximum atomic E-state index is 12.1. The number of hydrogen-bond donors (Lipinski definition) is 2. The minimum absolute atomic E-state index is 0.103. The number of rotatable bonds is 4. The molecule has 2 N–H and O–H groups in total. The Hall–Kier alpha value is -3.16. The second kappa shape index (κ2) is 5.42. The molecular formula is C19H18N6O2. The van der Waals surface area contributed by atoms with Crippen molar-refractivity contribution in [2.45, 2.75) is 43.7 Å². The summed E-state index contributed by atoms with van der Waals surface area (Å²) in [6, 6.07) is 8.89. The number of nitrogens with one attached hydrogen (secondary N) is 2. The number of benzene rings is 1. The van der Waals surface area contributed by atoms with Crippen LogP contribution in [0, 0.1) is 0 Å². The average Bonchev–Trinajstić information content (AvgIpc) is 3.28. The molecule has 8 heteroatoms. The van der Waals surface area contributed by atoms with Gasteiger partial charge in [-0.2, -0.15) is 4.98 Å². The van der Waals surface area contributed by atoms with Gasteiger partial charge in [-0.15, -0.1) is 0 Å². The number of para-hydroxylation sites is 2. The summed E-state index contributed by atoms with van der Waals surface area (Å²) < 4.78 is 7.49. The van der Waals surface area contributed by atoms with Crippen LogP contribution in [0.5, 0.6) is 0 Å².